The Morgan fingerprint density at radius 2 is 2.17 bits per heavy atom. The van der Waals surface area contributed by atoms with Gasteiger partial charge in [0.2, 0.25) is 11.8 Å². The van der Waals surface area contributed by atoms with Gasteiger partial charge >= 0.3 is 0 Å². The van der Waals surface area contributed by atoms with Gasteiger partial charge in [-0.3, -0.25) is 4.79 Å². The van der Waals surface area contributed by atoms with Crippen LogP contribution in [0.15, 0.2) is 18.2 Å². The Kier molecular flexibility index (Phi) is 7.31. The number of hydrogen-bond donors (Lipinski definition) is 2. The molecule has 0 spiro atoms. The molecular weight excluding hydrogens is 254 g/mol. The number of ether oxygens (including phenoxy) is 1. The number of carbonyl (C=O) groups excluding carboxylic acids is 1. The zero-order valence-corrected chi connectivity index (χ0v) is 11.7. The lowest BCUT2D eigenvalue weighted by Gasteiger charge is -2.15. The smallest absolute Gasteiger partial charge is 0.237 e. The molecule has 0 aromatic carbocycles. The first kappa shape index (κ1) is 16.7. The van der Waals surface area contributed by atoms with Gasteiger partial charge in [0.15, 0.2) is 0 Å². The summed E-state index contributed by atoms with van der Waals surface area (Å²) in [5.74, 6) is 0.489. The van der Waals surface area contributed by atoms with E-state index in [9.17, 15) is 4.79 Å². The van der Waals surface area contributed by atoms with Crippen LogP contribution in [-0.2, 0) is 11.3 Å². The summed E-state index contributed by atoms with van der Waals surface area (Å²) in [6.07, 6.45) is 0. The first-order valence-corrected chi connectivity index (χ1v) is 5.57. The predicted octanol–water partition coefficient (Wildman–Crippen LogP) is 1.11. The van der Waals surface area contributed by atoms with E-state index in [-0.39, 0.29) is 24.2 Å². The maximum absolute atomic E-state index is 11.6. The van der Waals surface area contributed by atoms with E-state index in [0.717, 1.165) is 5.69 Å². The lowest BCUT2D eigenvalue weighted by molar-refractivity contribution is -0.123. The van der Waals surface area contributed by atoms with Gasteiger partial charge in [-0.1, -0.05) is 19.9 Å². The average Bonchev–Trinajstić information content (AvgIpc) is 2.35. The van der Waals surface area contributed by atoms with E-state index < -0.39 is 6.04 Å². The van der Waals surface area contributed by atoms with Gasteiger partial charge in [0.05, 0.1) is 25.4 Å². The Hall–Kier alpha value is -1.33. The summed E-state index contributed by atoms with van der Waals surface area (Å²) in [5.41, 5.74) is 6.47. The van der Waals surface area contributed by atoms with Crippen LogP contribution in [0.1, 0.15) is 19.5 Å². The topological polar surface area (TPSA) is 77.2 Å². The second-order valence-corrected chi connectivity index (χ2v) is 4.16. The maximum Gasteiger partial charge on any atom is 0.237 e. The molecule has 0 aliphatic rings. The van der Waals surface area contributed by atoms with Gasteiger partial charge in [-0.25, -0.2) is 4.98 Å². The Bertz CT molecular complexity index is 385. The van der Waals surface area contributed by atoms with Crippen molar-refractivity contribution in [3.05, 3.63) is 23.9 Å². The van der Waals surface area contributed by atoms with Gasteiger partial charge < -0.3 is 15.8 Å². The van der Waals surface area contributed by atoms with Gasteiger partial charge in [-0.15, -0.1) is 12.4 Å². The van der Waals surface area contributed by atoms with Gasteiger partial charge in [0.25, 0.3) is 0 Å². The van der Waals surface area contributed by atoms with Gasteiger partial charge in [0.1, 0.15) is 0 Å². The highest BCUT2D eigenvalue weighted by atomic mass is 35.5. The minimum Gasteiger partial charge on any atom is -0.481 e. The molecule has 0 aliphatic carbocycles. The number of nitrogens with two attached hydrogens (primary N) is 1. The first-order chi connectivity index (χ1) is 8.04. The summed E-state index contributed by atoms with van der Waals surface area (Å²) >= 11 is 0. The predicted molar refractivity (Wildman–Crippen MR) is 72.7 cm³/mol. The van der Waals surface area contributed by atoms with Gasteiger partial charge in [-0.2, -0.15) is 0 Å². The number of hydrogen-bond acceptors (Lipinski definition) is 4. The number of aromatic nitrogens is 1. The standard InChI is InChI=1S/C12H19N3O2.ClH/c1-8(2)11(13)12(16)14-7-9-5-4-6-10(15-9)17-3;/h4-6,8,11H,7,13H2,1-3H3,(H,14,16);1H/t11-;/m0./s1. The number of halogens is 1. The zero-order valence-electron chi connectivity index (χ0n) is 10.8. The van der Waals surface area contributed by atoms with Crippen LogP contribution >= 0.6 is 12.4 Å². The summed E-state index contributed by atoms with van der Waals surface area (Å²) in [5, 5.41) is 2.75. The number of carbonyl (C=O) groups is 1. The van der Waals surface area contributed by atoms with Crippen LogP contribution in [-0.4, -0.2) is 24.0 Å². The van der Waals surface area contributed by atoms with Crippen molar-refractivity contribution in [3.63, 3.8) is 0 Å². The minimum atomic E-state index is -0.486. The summed E-state index contributed by atoms with van der Waals surface area (Å²) in [7, 11) is 1.55. The summed E-state index contributed by atoms with van der Waals surface area (Å²) < 4.78 is 5.00. The Balaban J connectivity index is 0.00000289. The Morgan fingerprint density at radius 3 is 2.72 bits per heavy atom. The molecule has 0 aliphatic heterocycles. The van der Waals surface area contributed by atoms with Gasteiger partial charge in [0, 0.05) is 6.07 Å². The van der Waals surface area contributed by atoms with Crippen molar-refractivity contribution in [1.29, 1.82) is 0 Å². The van der Waals surface area contributed by atoms with Gasteiger partial charge in [-0.05, 0) is 12.0 Å². The van der Waals surface area contributed by atoms with E-state index in [1.165, 1.54) is 0 Å². The molecule has 0 saturated heterocycles. The highest BCUT2D eigenvalue weighted by Crippen LogP contribution is 2.06. The molecule has 0 unspecified atom stereocenters. The van der Waals surface area contributed by atoms with Crippen LogP contribution in [0, 0.1) is 5.92 Å². The third-order valence-electron chi connectivity index (χ3n) is 2.46. The first-order valence-electron chi connectivity index (χ1n) is 5.57. The molecule has 0 bridgehead atoms. The molecular formula is C12H20ClN3O2. The van der Waals surface area contributed by atoms with E-state index >= 15 is 0 Å². The molecule has 6 heteroatoms. The molecule has 1 aromatic rings. The lowest BCUT2D eigenvalue weighted by Crippen LogP contribution is -2.43. The third kappa shape index (κ3) is 4.89. The van der Waals surface area contributed by atoms with Crippen LogP contribution in [0.25, 0.3) is 0 Å². The highest BCUT2D eigenvalue weighted by Gasteiger charge is 2.16. The van der Waals surface area contributed by atoms with Crippen molar-refractivity contribution in [3.8, 4) is 5.88 Å². The maximum atomic E-state index is 11.6. The molecule has 0 saturated carbocycles. The molecule has 1 aromatic heterocycles. The highest BCUT2D eigenvalue weighted by molar-refractivity contribution is 5.85. The molecule has 1 atom stereocenters. The fraction of sp³-hybridized carbons (Fsp3) is 0.500. The molecule has 102 valence electrons. The van der Waals surface area contributed by atoms with Crippen LogP contribution in [0.3, 0.4) is 0 Å². The van der Waals surface area contributed by atoms with Crippen molar-refractivity contribution in [2.24, 2.45) is 11.7 Å². The van der Waals surface area contributed by atoms with Crippen LogP contribution in [0.5, 0.6) is 5.88 Å². The molecule has 1 rings (SSSR count). The quantitative estimate of drug-likeness (QED) is 0.843. The number of nitrogens with zero attached hydrogens (tertiary/aromatic N) is 1. The van der Waals surface area contributed by atoms with E-state index in [1.807, 2.05) is 26.0 Å². The van der Waals surface area contributed by atoms with Crippen molar-refractivity contribution >= 4 is 18.3 Å². The fourth-order valence-electron chi connectivity index (χ4n) is 1.27. The summed E-state index contributed by atoms with van der Waals surface area (Å²) in [4.78, 5) is 15.8. The summed E-state index contributed by atoms with van der Waals surface area (Å²) in [6, 6.07) is 4.92. The Morgan fingerprint density at radius 1 is 1.50 bits per heavy atom. The van der Waals surface area contributed by atoms with Crippen molar-refractivity contribution in [2.45, 2.75) is 26.4 Å². The minimum absolute atomic E-state index is 0. The van der Waals surface area contributed by atoms with E-state index in [2.05, 4.69) is 10.3 Å². The SMILES string of the molecule is COc1cccc(CNC(=O)[C@@H](N)C(C)C)n1.Cl. The van der Waals surface area contributed by atoms with Crippen LogP contribution < -0.4 is 15.8 Å². The van der Waals surface area contributed by atoms with Crippen molar-refractivity contribution in [1.82, 2.24) is 10.3 Å². The molecule has 18 heavy (non-hydrogen) atoms. The average molecular weight is 274 g/mol. The fourth-order valence-corrected chi connectivity index (χ4v) is 1.27. The van der Waals surface area contributed by atoms with Crippen molar-refractivity contribution in [2.75, 3.05) is 7.11 Å². The molecule has 1 heterocycles. The van der Waals surface area contributed by atoms with E-state index in [0.29, 0.717) is 12.4 Å². The number of methoxy groups -OCH3 is 1. The van der Waals surface area contributed by atoms with E-state index in [1.54, 1.807) is 13.2 Å². The number of rotatable bonds is 5. The monoisotopic (exact) mass is 273 g/mol. The number of amides is 1. The third-order valence-corrected chi connectivity index (χ3v) is 2.46. The normalized spacial score (nSPS) is 11.6. The molecule has 1 amide bonds. The lowest BCUT2D eigenvalue weighted by atomic mass is 10.1. The molecule has 0 radical (unpaired) electrons. The molecule has 0 fully saturated rings. The second kappa shape index (κ2) is 7.89. The number of pyridine rings is 1. The molecule has 5 nitrogen and oxygen atoms in total. The molecule has 3 N–H and O–H groups in total. The van der Waals surface area contributed by atoms with Crippen LogP contribution in [0.4, 0.5) is 0 Å². The zero-order chi connectivity index (χ0) is 12.8. The van der Waals surface area contributed by atoms with E-state index in [4.69, 9.17) is 10.5 Å². The van der Waals surface area contributed by atoms with Crippen molar-refractivity contribution < 1.29 is 9.53 Å². The largest absolute Gasteiger partial charge is 0.481 e. The summed E-state index contributed by atoms with van der Waals surface area (Å²) in [6.45, 7) is 4.18. The van der Waals surface area contributed by atoms with Crippen LogP contribution in [0.2, 0.25) is 0 Å². The number of nitrogens with one attached hydrogen (secondary N) is 1. The Labute approximate surface area is 114 Å². The second-order valence-electron chi connectivity index (χ2n) is 4.16.